The monoisotopic (exact) mass is 408 g/mol. The molecule has 1 saturated heterocycles. The van der Waals surface area contributed by atoms with Gasteiger partial charge in [-0.2, -0.15) is 0 Å². The molecule has 2 aromatic rings. The third-order valence-corrected chi connectivity index (χ3v) is 5.57. The molecule has 0 aliphatic carbocycles. The number of hydrogen-bond donors (Lipinski definition) is 1. The molecular formula is C25H32N2O3. The van der Waals surface area contributed by atoms with Crippen molar-refractivity contribution >= 4 is 11.9 Å². The number of amides is 1. The zero-order valence-corrected chi connectivity index (χ0v) is 17.8. The van der Waals surface area contributed by atoms with Crippen LogP contribution in [0, 0.1) is 0 Å². The van der Waals surface area contributed by atoms with Gasteiger partial charge in [0, 0.05) is 6.54 Å². The van der Waals surface area contributed by atoms with E-state index in [9.17, 15) is 9.59 Å². The van der Waals surface area contributed by atoms with Gasteiger partial charge in [0.15, 0.2) is 0 Å². The number of nitrogens with zero attached hydrogens (tertiary/aromatic N) is 1. The minimum atomic E-state index is -0.365. The summed E-state index contributed by atoms with van der Waals surface area (Å²) in [4.78, 5) is 27.0. The molecule has 1 amide bonds. The highest BCUT2D eigenvalue weighted by Gasteiger charge is 2.29. The molecule has 1 fully saturated rings. The van der Waals surface area contributed by atoms with Crippen LogP contribution in [0.3, 0.4) is 0 Å². The second-order valence-electron chi connectivity index (χ2n) is 7.84. The second-order valence-corrected chi connectivity index (χ2v) is 7.84. The molecule has 0 aromatic heterocycles. The molecule has 0 unspecified atom stereocenters. The van der Waals surface area contributed by atoms with Crippen molar-refractivity contribution in [2.24, 2.45) is 0 Å². The molecule has 5 nitrogen and oxygen atoms in total. The number of ether oxygens (including phenoxy) is 1. The normalized spacial score (nSPS) is 16.4. The molecule has 1 aliphatic heterocycles. The molecule has 1 heterocycles. The van der Waals surface area contributed by atoms with E-state index in [0.717, 1.165) is 37.9 Å². The zero-order valence-electron chi connectivity index (χ0n) is 17.8. The van der Waals surface area contributed by atoms with Crippen molar-refractivity contribution in [2.75, 3.05) is 19.6 Å². The van der Waals surface area contributed by atoms with Gasteiger partial charge in [-0.15, -0.1) is 0 Å². The molecule has 30 heavy (non-hydrogen) atoms. The predicted molar refractivity (Wildman–Crippen MR) is 119 cm³/mol. The van der Waals surface area contributed by atoms with E-state index in [0.29, 0.717) is 17.9 Å². The van der Waals surface area contributed by atoms with E-state index in [1.165, 1.54) is 19.3 Å². The number of esters is 1. The first kappa shape index (κ1) is 22.0. The summed E-state index contributed by atoms with van der Waals surface area (Å²) in [5.74, 6) is 0.304. The Labute approximate surface area is 179 Å². The number of hydrogen-bond acceptors (Lipinski definition) is 4. The van der Waals surface area contributed by atoms with E-state index >= 15 is 0 Å². The van der Waals surface area contributed by atoms with Crippen LogP contribution < -0.4 is 10.1 Å². The molecule has 0 spiro atoms. The summed E-state index contributed by atoms with van der Waals surface area (Å²) in [7, 11) is 0. The summed E-state index contributed by atoms with van der Waals surface area (Å²) in [5, 5.41) is 3.10. The van der Waals surface area contributed by atoms with E-state index in [1.54, 1.807) is 24.3 Å². The van der Waals surface area contributed by atoms with Gasteiger partial charge in [0.25, 0.3) is 0 Å². The molecule has 1 aliphatic rings. The number of carbonyl (C=O) groups excluding carboxylic acids is 2. The summed E-state index contributed by atoms with van der Waals surface area (Å²) < 4.78 is 5.40. The van der Waals surface area contributed by atoms with Crippen LogP contribution >= 0.6 is 0 Å². The molecular weight excluding hydrogens is 376 g/mol. The fourth-order valence-corrected chi connectivity index (χ4v) is 3.87. The Morgan fingerprint density at radius 1 is 1.07 bits per heavy atom. The van der Waals surface area contributed by atoms with Gasteiger partial charge in [-0.1, -0.05) is 50.1 Å². The van der Waals surface area contributed by atoms with Gasteiger partial charge in [-0.25, -0.2) is 4.79 Å². The minimum absolute atomic E-state index is 0.0293. The van der Waals surface area contributed by atoms with E-state index < -0.39 is 0 Å². The second kappa shape index (κ2) is 11.5. The zero-order chi connectivity index (χ0) is 21.2. The highest BCUT2D eigenvalue weighted by Crippen LogP contribution is 2.18. The van der Waals surface area contributed by atoms with Crippen LogP contribution in [0.25, 0.3) is 0 Å². The first-order chi connectivity index (χ1) is 14.7. The lowest BCUT2D eigenvalue weighted by molar-refractivity contribution is -0.125. The lowest BCUT2D eigenvalue weighted by Gasteiger charge is -2.23. The van der Waals surface area contributed by atoms with Crippen molar-refractivity contribution in [1.29, 1.82) is 0 Å². The molecule has 3 rings (SSSR count). The highest BCUT2D eigenvalue weighted by molar-refractivity contribution is 5.90. The van der Waals surface area contributed by atoms with Gasteiger partial charge in [0.2, 0.25) is 5.91 Å². The fraction of sp³-hybridized carbons (Fsp3) is 0.440. The topological polar surface area (TPSA) is 58.6 Å². The van der Waals surface area contributed by atoms with Crippen LogP contribution in [0.4, 0.5) is 0 Å². The number of rotatable bonds is 10. The summed E-state index contributed by atoms with van der Waals surface area (Å²) in [5.41, 5.74) is 1.63. The lowest BCUT2D eigenvalue weighted by Crippen LogP contribution is -2.44. The summed E-state index contributed by atoms with van der Waals surface area (Å²) in [6.45, 7) is 4.87. The van der Waals surface area contributed by atoms with Crippen LogP contribution in [0.15, 0.2) is 54.6 Å². The number of nitrogens with one attached hydrogen (secondary N) is 1. The molecule has 1 N–H and O–H groups in total. The molecule has 0 radical (unpaired) electrons. The average Bonchev–Trinajstić information content (AvgIpc) is 3.24. The standard InChI is InChI=1S/C25H32N2O3/c1-2-3-7-18-27-19-8-11-23(27)24(28)26-17-16-20-12-14-22(15-13-20)30-25(29)21-9-5-4-6-10-21/h4-6,9-10,12-15,23H,2-3,7-8,11,16-19H2,1H3,(H,26,28)/t23-/m0/s1. The van der Waals surface area contributed by atoms with E-state index in [-0.39, 0.29) is 17.9 Å². The van der Waals surface area contributed by atoms with Crippen LogP contribution in [0.5, 0.6) is 5.75 Å². The lowest BCUT2D eigenvalue weighted by atomic mass is 10.1. The van der Waals surface area contributed by atoms with Crippen molar-refractivity contribution < 1.29 is 14.3 Å². The van der Waals surface area contributed by atoms with E-state index in [4.69, 9.17) is 4.74 Å². The van der Waals surface area contributed by atoms with Crippen molar-refractivity contribution in [3.63, 3.8) is 0 Å². The molecule has 0 saturated carbocycles. The van der Waals surface area contributed by atoms with Crippen molar-refractivity contribution in [3.8, 4) is 5.75 Å². The Bertz CT molecular complexity index is 805. The first-order valence-electron chi connectivity index (χ1n) is 11.1. The predicted octanol–water partition coefficient (Wildman–Crippen LogP) is 4.22. The van der Waals surface area contributed by atoms with E-state index in [2.05, 4.69) is 17.1 Å². The molecule has 0 bridgehead atoms. The number of unbranched alkanes of at least 4 members (excludes halogenated alkanes) is 2. The first-order valence-corrected chi connectivity index (χ1v) is 11.1. The van der Waals surface area contributed by atoms with Gasteiger partial charge in [0.05, 0.1) is 11.6 Å². The average molecular weight is 409 g/mol. The Balaban J connectivity index is 1.41. The van der Waals surface area contributed by atoms with Gasteiger partial charge in [-0.3, -0.25) is 9.69 Å². The van der Waals surface area contributed by atoms with E-state index in [1.807, 2.05) is 30.3 Å². The van der Waals surface area contributed by atoms with Crippen LogP contribution in [0.2, 0.25) is 0 Å². The Morgan fingerprint density at radius 3 is 2.57 bits per heavy atom. The smallest absolute Gasteiger partial charge is 0.343 e. The third-order valence-electron chi connectivity index (χ3n) is 5.57. The third kappa shape index (κ3) is 6.42. The van der Waals surface area contributed by atoms with Crippen molar-refractivity contribution in [3.05, 3.63) is 65.7 Å². The molecule has 160 valence electrons. The minimum Gasteiger partial charge on any atom is -0.423 e. The number of likely N-dealkylation sites (tertiary alicyclic amines) is 1. The van der Waals surface area contributed by atoms with Gasteiger partial charge < -0.3 is 10.1 Å². The van der Waals surface area contributed by atoms with Crippen molar-refractivity contribution in [2.45, 2.75) is 51.5 Å². The summed E-state index contributed by atoms with van der Waals surface area (Å²) >= 11 is 0. The molecule has 1 atom stereocenters. The Kier molecular flexibility index (Phi) is 8.45. The van der Waals surface area contributed by atoms with Crippen LogP contribution in [-0.4, -0.2) is 42.5 Å². The maximum Gasteiger partial charge on any atom is 0.343 e. The quantitative estimate of drug-likeness (QED) is 0.363. The number of carbonyl (C=O) groups is 2. The van der Waals surface area contributed by atoms with Gasteiger partial charge >= 0.3 is 5.97 Å². The Morgan fingerprint density at radius 2 is 1.83 bits per heavy atom. The Hall–Kier alpha value is -2.66. The van der Waals surface area contributed by atoms with Crippen molar-refractivity contribution in [1.82, 2.24) is 10.2 Å². The van der Waals surface area contributed by atoms with Crippen LogP contribution in [-0.2, 0) is 11.2 Å². The largest absolute Gasteiger partial charge is 0.423 e. The summed E-state index contributed by atoms with van der Waals surface area (Å²) in [6, 6.07) is 16.4. The summed E-state index contributed by atoms with van der Waals surface area (Å²) in [6.07, 6.45) is 6.41. The van der Waals surface area contributed by atoms with Gasteiger partial charge in [-0.05, 0) is 68.6 Å². The number of benzene rings is 2. The molecule has 5 heteroatoms. The van der Waals surface area contributed by atoms with Gasteiger partial charge in [0.1, 0.15) is 5.75 Å². The van der Waals surface area contributed by atoms with Crippen LogP contribution in [0.1, 0.15) is 54.9 Å². The highest BCUT2D eigenvalue weighted by atomic mass is 16.5. The fourth-order valence-electron chi connectivity index (χ4n) is 3.87. The maximum absolute atomic E-state index is 12.6. The maximum atomic E-state index is 12.6. The molecule has 2 aromatic carbocycles. The SMILES string of the molecule is CCCCCN1CCC[C@H]1C(=O)NCCc1ccc(OC(=O)c2ccccc2)cc1.